The first kappa shape index (κ1) is 15.4. The van der Waals surface area contributed by atoms with Gasteiger partial charge in [0.05, 0.1) is 7.05 Å². The maximum absolute atomic E-state index is 13.1. The molecule has 1 fully saturated rings. The molecule has 114 valence electrons. The molecular formula is C15H21FN3O2+. The Balaban J connectivity index is 1.94. The number of quaternary nitrogens is 1. The van der Waals surface area contributed by atoms with E-state index in [0.29, 0.717) is 13.0 Å². The van der Waals surface area contributed by atoms with E-state index < -0.39 is 6.04 Å². The molecule has 1 aliphatic heterocycles. The van der Waals surface area contributed by atoms with E-state index in [1.165, 1.54) is 17.0 Å². The minimum atomic E-state index is -0.399. The molecule has 6 heteroatoms. The van der Waals surface area contributed by atoms with Gasteiger partial charge in [-0.05, 0) is 18.6 Å². The number of hydrogen-bond acceptors (Lipinski definition) is 2. The molecule has 2 rings (SSSR count). The average Bonchev–Trinajstić information content (AvgIpc) is 2.67. The van der Waals surface area contributed by atoms with E-state index in [2.05, 4.69) is 5.32 Å². The molecule has 1 unspecified atom stereocenters. The summed E-state index contributed by atoms with van der Waals surface area (Å²) in [5, 5.41) is 2.70. The van der Waals surface area contributed by atoms with Crippen LogP contribution in [-0.4, -0.2) is 36.6 Å². The van der Waals surface area contributed by atoms with Gasteiger partial charge in [-0.2, -0.15) is 0 Å². The number of halogens is 1. The van der Waals surface area contributed by atoms with Crippen molar-refractivity contribution in [3.8, 4) is 0 Å². The van der Waals surface area contributed by atoms with Crippen LogP contribution in [0.15, 0.2) is 24.3 Å². The van der Waals surface area contributed by atoms with Crippen LogP contribution in [0, 0.1) is 5.82 Å². The Hall–Kier alpha value is -1.95. The van der Waals surface area contributed by atoms with E-state index in [4.69, 9.17) is 0 Å². The summed E-state index contributed by atoms with van der Waals surface area (Å²) in [5.74, 6) is -0.446. The van der Waals surface area contributed by atoms with Gasteiger partial charge in [-0.1, -0.05) is 25.5 Å². The number of urea groups is 1. The summed E-state index contributed by atoms with van der Waals surface area (Å²) in [6, 6.07) is 5.61. The van der Waals surface area contributed by atoms with Crippen LogP contribution in [0.1, 0.15) is 25.3 Å². The molecule has 0 bridgehead atoms. The molecule has 0 radical (unpaired) electrons. The fourth-order valence-corrected chi connectivity index (χ4v) is 2.53. The summed E-state index contributed by atoms with van der Waals surface area (Å²) in [6.07, 6.45) is 1.50. The second kappa shape index (κ2) is 6.67. The lowest BCUT2D eigenvalue weighted by Gasteiger charge is -2.19. The quantitative estimate of drug-likeness (QED) is 0.752. The van der Waals surface area contributed by atoms with Crippen LogP contribution in [0.4, 0.5) is 9.18 Å². The van der Waals surface area contributed by atoms with Gasteiger partial charge in [0.2, 0.25) is 0 Å². The zero-order valence-corrected chi connectivity index (χ0v) is 12.4. The minimum Gasteiger partial charge on any atom is -0.326 e. The van der Waals surface area contributed by atoms with E-state index in [1.807, 2.05) is 20.0 Å². The number of nitrogens with zero attached hydrogens (tertiary/aromatic N) is 1. The van der Waals surface area contributed by atoms with Crippen LogP contribution >= 0.6 is 0 Å². The molecule has 1 saturated heterocycles. The Kier molecular flexibility index (Phi) is 4.90. The summed E-state index contributed by atoms with van der Waals surface area (Å²) in [4.78, 5) is 26.1. The minimum absolute atomic E-state index is 0.166. The van der Waals surface area contributed by atoms with Crippen LogP contribution in [0.3, 0.4) is 0 Å². The third kappa shape index (κ3) is 3.78. The first-order valence-corrected chi connectivity index (χ1v) is 7.19. The molecule has 0 aliphatic carbocycles. The summed E-state index contributed by atoms with van der Waals surface area (Å²) in [5.41, 5.74) is 0.838. The Bertz CT molecular complexity index is 535. The highest BCUT2D eigenvalue weighted by molar-refractivity contribution is 6.03. The monoisotopic (exact) mass is 294 g/mol. The highest BCUT2D eigenvalue weighted by Crippen LogP contribution is 2.09. The highest BCUT2D eigenvalue weighted by Gasteiger charge is 2.38. The average molecular weight is 294 g/mol. The summed E-state index contributed by atoms with van der Waals surface area (Å²) in [6.45, 7) is 2.80. The number of nitrogens with one attached hydrogen (secondary N) is 2. The molecule has 0 saturated carbocycles. The van der Waals surface area contributed by atoms with E-state index >= 15 is 0 Å². The van der Waals surface area contributed by atoms with Crippen molar-refractivity contribution in [2.75, 3.05) is 13.7 Å². The Morgan fingerprint density at radius 1 is 1.38 bits per heavy atom. The molecule has 1 heterocycles. The number of amides is 3. The summed E-state index contributed by atoms with van der Waals surface area (Å²) in [7, 11) is 1.87. The standard InChI is InChI=1S/C15H20FN3O2/c1-3-5-13-14(20)19(15(21)17-13)10-18(2)9-11-6-4-7-12(16)8-11/h4,6-8,13H,3,5,9-10H2,1-2H3,(H,17,21)/p+1/t13-/m1/s1. The van der Waals surface area contributed by atoms with Gasteiger partial charge in [0, 0.05) is 5.56 Å². The molecule has 1 aromatic rings. The Labute approximate surface area is 123 Å². The predicted molar refractivity (Wildman–Crippen MR) is 75.9 cm³/mol. The Morgan fingerprint density at radius 2 is 2.14 bits per heavy atom. The van der Waals surface area contributed by atoms with Crippen molar-refractivity contribution in [3.05, 3.63) is 35.6 Å². The van der Waals surface area contributed by atoms with Crippen LogP contribution in [-0.2, 0) is 11.3 Å². The van der Waals surface area contributed by atoms with Gasteiger partial charge < -0.3 is 10.2 Å². The van der Waals surface area contributed by atoms with E-state index in [-0.39, 0.29) is 24.4 Å². The lowest BCUT2D eigenvalue weighted by Crippen LogP contribution is -3.09. The SMILES string of the molecule is CCC[C@H]1NC(=O)N(C[NH+](C)Cc2cccc(F)c2)C1=O. The van der Waals surface area contributed by atoms with E-state index in [1.54, 1.807) is 6.07 Å². The second-order valence-electron chi connectivity index (χ2n) is 5.48. The molecule has 2 N–H and O–H groups in total. The molecule has 2 atom stereocenters. The van der Waals surface area contributed by atoms with Crippen LogP contribution in [0.5, 0.6) is 0 Å². The van der Waals surface area contributed by atoms with Crippen LogP contribution < -0.4 is 10.2 Å². The number of rotatable bonds is 6. The maximum atomic E-state index is 13.1. The van der Waals surface area contributed by atoms with Crippen molar-refractivity contribution >= 4 is 11.9 Å². The van der Waals surface area contributed by atoms with Crippen molar-refractivity contribution in [1.29, 1.82) is 0 Å². The van der Waals surface area contributed by atoms with Gasteiger partial charge >= 0.3 is 6.03 Å². The van der Waals surface area contributed by atoms with Gasteiger partial charge in [-0.3, -0.25) is 4.79 Å². The molecule has 0 aromatic heterocycles. The van der Waals surface area contributed by atoms with Gasteiger partial charge in [0.1, 0.15) is 18.4 Å². The first-order valence-electron chi connectivity index (χ1n) is 7.19. The van der Waals surface area contributed by atoms with Crippen molar-refractivity contribution < 1.29 is 18.9 Å². The second-order valence-corrected chi connectivity index (χ2v) is 5.48. The lowest BCUT2D eigenvalue weighted by atomic mass is 10.2. The highest BCUT2D eigenvalue weighted by atomic mass is 19.1. The van der Waals surface area contributed by atoms with Crippen molar-refractivity contribution in [2.45, 2.75) is 32.4 Å². The van der Waals surface area contributed by atoms with Crippen molar-refractivity contribution in [1.82, 2.24) is 10.2 Å². The predicted octanol–water partition coefficient (Wildman–Crippen LogP) is 0.518. The van der Waals surface area contributed by atoms with Crippen LogP contribution in [0.25, 0.3) is 0 Å². The van der Waals surface area contributed by atoms with Gasteiger partial charge in [-0.25, -0.2) is 14.1 Å². The number of carbonyl (C=O) groups excluding carboxylic acids is 2. The lowest BCUT2D eigenvalue weighted by molar-refractivity contribution is -0.901. The van der Waals surface area contributed by atoms with Crippen molar-refractivity contribution in [2.24, 2.45) is 0 Å². The Morgan fingerprint density at radius 3 is 2.81 bits per heavy atom. The molecule has 1 aliphatic rings. The smallest absolute Gasteiger partial charge is 0.326 e. The van der Waals surface area contributed by atoms with Crippen LogP contribution in [0.2, 0.25) is 0 Å². The van der Waals surface area contributed by atoms with Gasteiger partial charge in [0.15, 0.2) is 6.67 Å². The largest absolute Gasteiger partial charge is 0.329 e. The number of hydrogen-bond donors (Lipinski definition) is 2. The first-order chi connectivity index (χ1) is 10.0. The van der Waals surface area contributed by atoms with Crippen molar-refractivity contribution in [3.63, 3.8) is 0 Å². The number of imide groups is 1. The van der Waals surface area contributed by atoms with E-state index in [0.717, 1.165) is 16.9 Å². The number of benzene rings is 1. The number of carbonyl (C=O) groups is 2. The fourth-order valence-electron chi connectivity index (χ4n) is 2.53. The third-order valence-electron chi connectivity index (χ3n) is 3.51. The topological polar surface area (TPSA) is 53.9 Å². The van der Waals surface area contributed by atoms with Gasteiger partial charge in [-0.15, -0.1) is 0 Å². The van der Waals surface area contributed by atoms with E-state index in [9.17, 15) is 14.0 Å². The normalized spacial score (nSPS) is 19.8. The summed E-state index contributed by atoms with van der Waals surface area (Å²) < 4.78 is 13.1. The third-order valence-corrected chi connectivity index (χ3v) is 3.51. The molecule has 0 spiro atoms. The molecule has 1 aromatic carbocycles. The molecule has 3 amide bonds. The molecular weight excluding hydrogens is 273 g/mol. The molecule has 5 nitrogen and oxygen atoms in total. The molecule has 21 heavy (non-hydrogen) atoms. The zero-order chi connectivity index (χ0) is 15.4. The maximum Gasteiger partial charge on any atom is 0.329 e. The van der Waals surface area contributed by atoms with Gasteiger partial charge in [0.25, 0.3) is 5.91 Å². The zero-order valence-electron chi connectivity index (χ0n) is 12.4. The fraction of sp³-hybridized carbons (Fsp3) is 0.467. The summed E-state index contributed by atoms with van der Waals surface area (Å²) >= 11 is 0.